The molecule has 0 radical (unpaired) electrons. The number of urea groups is 1. The molecule has 4 heterocycles. The van der Waals surface area contributed by atoms with Crippen LogP contribution < -0.4 is 5.32 Å². The van der Waals surface area contributed by atoms with E-state index in [0.29, 0.717) is 12.4 Å². The molecular weight excluding hydrogens is 423 g/mol. The number of halogens is 3. The van der Waals surface area contributed by atoms with Gasteiger partial charge in [-0.3, -0.25) is 5.10 Å². The Kier molecular flexibility index (Phi) is 5.21. The number of carbonyl (C=O) groups is 1. The third-order valence-corrected chi connectivity index (χ3v) is 7.09. The van der Waals surface area contributed by atoms with Crippen LogP contribution in [-0.4, -0.2) is 68.2 Å². The Morgan fingerprint density at radius 2 is 1.91 bits per heavy atom. The molecule has 1 saturated carbocycles. The highest BCUT2D eigenvalue weighted by Gasteiger charge is 2.48. The third-order valence-electron chi connectivity index (χ3n) is 7.09. The lowest BCUT2D eigenvalue weighted by Gasteiger charge is -2.54. The zero-order valence-corrected chi connectivity index (χ0v) is 17.6. The number of H-pyrrole nitrogens is 1. The van der Waals surface area contributed by atoms with Gasteiger partial charge in [0.05, 0.1) is 5.56 Å². The van der Waals surface area contributed by atoms with E-state index in [1.807, 2.05) is 9.80 Å². The van der Waals surface area contributed by atoms with Gasteiger partial charge in [0.25, 0.3) is 0 Å². The number of aromatic nitrogens is 4. The number of anilines is 1. The summed E-state index contributed by atoms with van der Waals surface area (Å²) in [4.78, 5) is 24.8. The van der Waals surface area contributed by atoms with Crippen LogP contribution in [0.3, 0.4) is 0 Å². The molecule has 2 N–H and O–H groups in total. The van der Waals surface area contributed by atoms with Crippen LogP contribution in [-0.2, 0) is 6.18 Å². The molecule has 11 heteroatoms. The first kappa shape index (κ1) is 21.0. The number of aromatic amines is 1. The summed E-state index contributed by atoms with van der Waals surface area (Å²) in [7, 11) is 0. The highest BCUT2D eigenvalue weighted by Crippen LogP contribution is 2.45. The number of hydrogen-bond acceptors (Lipinski definition) is 5. The molecular formula is C21H26F3N7O. The summed E-state index contributed by atoms with van der Waals surface area (Å²) in [6.45, 7) is 2.96. The number of alkyl halides is 3. The molecule has 1 aliphatic carbocycles. The number of hydrogen-bond donors (Lipinski definition) is 2. The highest BCUT2D eigenvalue weighted by atomic mass is 19.4. The smallest absolute Gasteiger partial charge is 0.367 e. The van der Waals surface area contributed by atoms with E-state index in [0.717, 1.165) is 69.8 Å². The lowest BCUT2D eigenvalue weighted by molar-refractivity contribution is -0.137. The average molecular weight is 449 g/mol. The van der Waals surface area contributed by atoms with Crippen molar-refractivity contribution < 1.29 is 18.0 Å². The minimum absolute atomic E-state index is 0.104. The van der Waals surface area contributed by atoms with Crippen LogP contribution in [0, 0.1) is 5.41 Å². The van der Waals surface area contributed by atoms with Crippen molar-refractivity contribution in [2.24, 2.45) is 5.41 Å². The van der Waals surface area contributed by atoms with Gasteiger partial charge < -0.3 is 15.1 Å². The molecule has 2 aliphatic heterocycles. The molecule has 2 aromatic heterocycles. The summed E-state index contributed by atoms with van der Waals surface area (Å²) < 4.78 is 38.0. The summed E-state index contributed by atoms with van der Waals surface area (Å²) in [5.74, 6) is 1.53. The number of likely N-dealkylation sites (tertiary alicyclic amines) is 2. The van der Waals surface area contributed by atoms with E-state index in [4.69, 9.17) is 0 Å². The molecule has 1 atom stereocenters. The number of rotatable bonds is 3. The SMILES string of the molecule is O=C(N1CC[C@H](c2ncn[nH]2)C1)N1CC2(CCC(Nc3ccc(C(F)(F)F)cn3)CC2)C1. The molecule has 0 bridgehead atoms. The zero-order chi connectivity index (χ0) is 22.3. The van der Waals surface area contributed by atoms with E-state index in [2.05, 4.69) is 25.5 Å². The van der Waals surface area contributed by atoms with Crippen LogP contribution in [0.4, 0.5) is 23.8 Å². The van der Waals surface area contributed by atoms with Gasteiger partial charge in [-0.2, -0.15) is 18.3 Å². The van der Waals surface area contributed by atoms with Crippen molar-refractivity contribution in [2.45, 2.75) is 50.2 Å². The first-order valence-electron chi connectivity index (χ1n) is 11.0. The molecule has 0 unspecified atom stereocenters. The van der Waals surface area contributed by atoms with E-state index < -0.39 is 11.7 Å². The number of amides is 2. The second-order valence-corrected chi connectivity index (χ2v) is 9.29. The molecule has 0 aromatic carbocycles. The summed E-state index contributed by atoms with van der Waals surface area (Å²) in [6.07, 6.45) is 2.72. The van der Waals surface area contributed by atoms with Gasteiger partial charge in [-0.05, 0) is 44.2 Å². The fraction of sp³-hybridized carbons (Fsp3) is 0.619. The summed E-state index contributed by atoms with van der Waals surface area (Å²) in [5, 5.41) is 10.1. The number of carbonyl (C=O) groups excluding carboxylic acids is 1. The summed E-state index contributed by atoms with van der Waals surface area (Å²) in [5.41, 5.74) is -0.569. The zero-order valence-electron chi connectivity index (χ0n) is 17.6. The van der Waals surface area contributed by atoms with Crippen LogP contribution >= 0.6 is 0 Å². The minimum atomic E-state index is -4.37. The van der Waals surface area contributed by atoms with Crippen molar-refractivity contribution >= 4 is 11.8 Å². The van der Waals surface area contributed by atoms with E-state index >= 15 is 0 Å². The molecule has 2 saturated heterocycles. The van der Waals surface area contributed by atoms with E-state index in [1.165, 1.54) is 12.4 Å². The van der Waals surface area contributed by atoms with E-state index in [9.17, 15) is 18.0 Å². The Hall–Kier alpha value is -2.85. The maximum absolute atomic E-state index is 12.9. The predicted octanol–water partition coefficient (Wildman–Crippen LogP) is 3.48. The van der Waals surface area contributed by atoms with Gasteiger partial charge in [0.2, 0.25) is 0 Å². The van der Waals surface area contributed by atoms with Crippen LogP contribution in [0.5, 0.6) is 0 Å². The standard InChI is InChI=1S/C21H26F3N7O/c22-21(23,24)15-1-2-17(25-9-15)28-16-3-6-20(7-4-16)11-31(12-20)19(32)30-8-5-14(10-30)18-26-13-27-29-18/h1-2,9,13-14,16H,3-8,10-12H2,(H,25,28)(H,26,27,29)/t14-/m0/s1. The van der Waals surface area contributed by atoms with Gasteiger partial charge in [-0.15, -0.1) is 0 Å². The monoisotopic (exact) mass is 449 g/mol. The summed E-state index contributed by atoms with van der Waals surface area (Å²) >= 11 is 0. The molecule has 2 aromatic rings. The first-order valence-corrected chi connectivity index (χ1v) is 11.0. The largest absolute Gasteiger partial charge is 0.417 e. The topological polar surface area (TPSA) is 90.0 Å². The van der Waals surface area contributed by atoms with Crippen molar-refractivity contribution in [3.05, 3.63) is 36.0 Å². The number of nitrogens with zero attached hydrogens (tertiary/aromatic N) is 5. The van der Waals surface area contributed by atoms with Crippen LogP contribution in [0.15, 0.2) is 24.7 Å². The molecule has 3 fully saturated rings. The molecule has 32 heavy (non-hydrogen) atoms. The first-order chi connectivity index (χ1) is 15.3. The van der Waals surface area contributed by atoms with Crippen molar-refractivity contribution in [1.29, 1.82) is 0 Å². The predicted molar refractivity (Wildman–Crippen MR) is 110 cm³/mol. The van der Waals surface area contributed by atoms with Gasteiger partial charge in [-0.25, -0.2) is 14.8 Å². The Morgan fingerprint density at radius 3 is 2.53 bits per heavy atom. The molecule has 3 aliphatic rings. The Morgan fingerprint density at radius 1 is 1.12 bits per heavy atom. The fourth-order valence-electron chi connectivity index (χ4n) is 5.21. The number of pyridine rings is 1. The van der Waals surface area contributed by atoms with Crippen LogP contribution in [0.25, 0.3) is 0 Å². The van der Waals surface area contributed by atoms with Crippen molar-refractivity contribution in [1.82, 2.24) is 30.0 Å². The Labute approximate surface area is 183 Å². The van der Waals surface area contributed by atoms with Gasteiger partial charge in [-0.1, -0.05) is 0 Å². The fourth-order valence-corrected chi connectivity index (χ4v) is 5.21. The molecule has 2 amide bonds. The maximum atomic E-state index is 12.9. The molecule has 5 rings (SSSR count). The average Bonchev–Trinajstić information content (AvgIpc) is 3.44. The van der Waals surface area contributed by atoms with Gasteiger partial charge >= 0.3 is 12.2 Å². The Balaban J connectivity index is 1.08. The second kappa shape index (κ2) is 7.93. The number of nitrogens with one attached hydrogen (secondary N) is 2. The van der Waals surface area contributed by atoms with Crippen molar-refractivity contribution in [2.75, 3.05) is 31.5 Å². The third kappa shape index (κ3) is 4.12. The lowest BCUT2D eigenvalue weighted by Crippen LogP contribution is -2.62. The molecule has 1 spiro atoms. The van der Waals surface area contributed by atoms with Crippen LogP contribution in [0.2, 0.25) is 0 Å². The van der Waals surface area contributed by atoms with Crippen LogP contribution in [0.1, 0.15) is 49.4 Å². The lowest BCUT2D eigenvalue weighted by atomic mass is 9.67. The maximum Gasteiger partial charge on any atom is 0.417 e. The van der Waals surface area contributed by atoms with Gasteiger partial charge in [0.15, 0.2) is 0 Å². The van der Waals surface area contributed by atoms with E-state index in [1.54, 1.807) is 0 Å². The summed E-state index contributed by atoms with van der Waals surface area (Å²) in [6, 6.07) is 2.74. The highest BCUT2D eigenvalue weighted by molar-refractivity contribution is 5.76. The van der Waals surface area contributed by atoms with Crippen molar-refractivity contribution in [3.63, 3.8) is 0 Å². The van der Waals surface area contributed by atoms with Gasteiger partial charge in [0.1, 0.15) is 18.0 Å². The Bertz CT molecular complexity index is 931. The van der Waals surface area contributed by atoms with E-state index in [-0.39, 0.29) is 23.4 Å². The normalized spacial score (nSPS) is 23.4. The quantitative estimate of drug-likeness (QED) is 0.749. The molecule has 172 valence electrons. The minimum Gasteiger partial charge on any atom is -0.367 e. The second-order valence-electron chi connectivity index (χ2n) is 9.29. The molecule has 8 nitrogen and oxygen atoms in total. The van der Waals surface area contributed by atoms with Gasteiger partial charge in [0, 0.05) is 49.8 Å². The van der Waals surface area contributed by atoms with Crippen molar-refractivity contribution in [3.8, 4) is 0 Å².